The van der Waals surface area contributed by atoms with Crippen molar-refractivity contribution in [3.8, 4) is 0 Å². The van der Waals surface area contributed by atoms with Crippen LogP contribution in [-0.4, -0.2) is 20.9 Å². The van der Waals surface area contributed by atoms with E-state index < -0.39 is 0 Å². The minimum atomic E-state index is -0.237. The zero-order valence-electron chi connectivity index (χ0n) is 14.5. The molecule has 3 heterocycles. The molecule has 0 unspecified atom stereocenters. The van der Waals surface area contributed by atoms with Crippen molar-refractivity contribution in [3.05, 3.63) is 90.6 Å². The molecule has 0 aliphatic rings. The lowest BCUT2D eigenvalue weighted by Gasteiger charge is -2.09. The summed E-state index contributed by atoms with van der Waals surface area (Å²) in [6.45, 7) is 0.364. The topological polar surface area (TPSA) is 79.8 Å². The Bertz CT molecular complexity index is 1060. The van der Waals surface area contributed by atoms with Crippen molar-refractivity contribution in [2.75, 3.05) is 5.32 Å². The zero-order valence-corrected chi connectivity index (χ0v) is 14.5. The summed E-state index contributed by atoms with van der Waals surface area (Å²) in [4.78, 5) is 25.1. The van der Waals surface area contributed by atoms with Gasteiger partial charge >= 0.3 is 0 Å². The van der Waals surface area contributed by atoms with Gasteiger partial charge in [0.25, 0.3) is 5.91 Å². The average molecular weight is 355 g/mol. The van der Waals surface area contributed by atoms with Crippen molar-refractivity contribution in [2.45, 2.75) is 6.54 Å². The second kappa shape index (κ2) is 7.61. The molecular weight excluding hydrogens is 338 g/mol. The zero-order chi connectivity index (χ0) is 18.5. The summed E-state index contributed by atoms with van der Waals surface area (Å²) < 4.78 is 0. The van der Waals surface area contributed by atoms with E-state index >= 15 is 0 Å². The molecule has 0 atom stereocenters. The number of hydrogen-bond acceptors (Lipinski definition) is 5. The Morgan fingerprint density at radius 3 is 2.56 bits per heavy atom. The fourth-order valence-electron chi connectivity index (χ4n) is 2.73. The normalized spacial score (nSPS) is 10.5. The Morgan fingerprint density at radius 2 is 1.74 bits per heavy atom. The number of nitrogens with one attached hydrogen (secondary N) is 2. The van der Waals surface area contributed by atoms with Gasteiger partial charge in [-0.2, -0.15) is 0 Å². The Kier molecular flexibility index (Phi) is 4.70. The van der Waals surface area contributed by atoms with Gasteiger partial charge < -0.3 is 10.6 Å². The van der Waals surface area contributed by atoms with Gasteiger partial charge in [-0.1, -0.05) is 24.3 Å². The van der Waals surface area contributed by atoms with Crippen LogP contribution >= 0.6 is 0 Å². The number of nitrogens with zero attached hydrogens (tertiary/aromatic N) is 3. The average Bonchev–Trinajstić information content (AvgIpc) is 2.74. The molecule has 4 aromatic rings. The maximum absolute atomic E-state index is 12.2. The number of amides is 1. The minimum Gasteiger partial charge on any atom is -0.352 e. The largest absolute Gasteiger partial charge is 0.352 e. The Hall–Kier alpha value is -3.80. The summed E-state index contributed by atoms with van der Waals surface area (Å²) in [7, 11) is 0. The monoisotopic (exact) mass is 355 g/mol. The summed E-state index contributed by atoms with van der Waals surface area (Å²) in [6.07, 6.45) is 5.10. The van der Waals surface area contributed by atoms with Crippen LogP contribution in [0.3, 0.4) is 0 Å². The highest BCUT2D eigenvalue weighted by Crippen LogP contribution is 2.24. The molecule has 4 rings (SSSR count). The van der Waals surface area contributed by atoms with Crippen LogP contribution < -0.4 is 10.6 Å². The van der Waals surface area contributed by atoms with Gasteiger partial charge in [-0.05, 0) is 36.4 Å². The van der Waals surface area contributed by atoms with E-state index in [1.807, 2.05) is 54.6 Å². The fraction of sp³-hybridized carbons (Fsp3) is 0.0476. The summed E-state index contributed by atoms with van der Waals surface area (Å²) in [5, 5.41) is 7.17. The first-order chi connectivity index (χ1) is 13.3. The van der Waals surface area contributed by atoms with Crippen LogP contribution in [0.15, 0.2) is 79.3 Å². The first-order valence-corrected chi connectivity index (χ1v) is 8.54. The number of para-hydroxylation sites is 1. The molecular formula is C21H17N5O. The maximum Gasteiger partial charge on any atom is 0.270 e. The van der Waals surface area contributed by atoms with Gasteiger partial charge in [-0.15, -0.1) is 0 Å². The summed E-state index contributed by atoms with van der Waals surface area (Å²) in [6, 6.07) is 19.0. The van der Waals surface area contributed by atoms with Gasteiger partial charge in [-0.25, -0.2) is 4.98 Å². The first-order valence-electron chi connectivity index (χ1n) is 8.54. The number of pyridine rings is 3. The molecule has 0 saturated heterocycles. The van der Waals surface area contributed by atoms with Gasteiger partial charge in [0.2, 0.25) is 0 Å². The van der Waals surface area contributed by atoms with Crippen molar-refractivity contribution >= 4 is 28.2 Å². The molecule has 1 amide bonds. The molecule has 3 aromatic heterocycles. The third kappa shape index (κ3) is 3.90. The van der Waals surface area contributed by atoms with E-state index in [-0.39, 0.29) is 5.91 Å². The van der Waals surface area contributed by atoms with Crippen LogP contribution in [0, 0.1) is 0 Å². The van der Waals surface area contributed by atoms with Crippen molar-refractivity contribution in [2.24, 2.45) is 0 Å². The first kappa shape index (κ1) is 16.7. The molecule has 0 fully saturated rings. The molecule has 6 heteroatoms. The molecule has 0 bridgehead atoms. The third-order valence-electron chi connectivity index (χ3n) is 4.06. The number of fused-ring (bicyclic) bond motifs is 1. The predicted molar refractivity (Wildman–Crippen MR) is 105 cm³/mol. The van der Waals surface area contributed by atoms with Crippen molar-refractivity contribution in [1.29, 1.82) is 0 Å². The molecule has 6 nitrogen and oxygen atoms in total. The lowest BCUT2D eigenvalue weighted by molar-refractivity contribution is 0.0945. The highest BCUT2D eigenvalue weighted by Gasteiger charge is 2.08. The lowest BCUT2D eigenvalue weighted by atomic mass is 10.2. The van der Waals surface area contributed by atoms with Crippen LogP contribution in [0.4, 0.5) is 11.4 Å². The summed E-state index contributed by atoms with van der Waals surface area (Å²) in [5.74, 6) is -0.237. The number of anilines is 2. The summed E-state index contributed by atoms with van der Waals surface area (Å²) in [5.41, 5.74) is 3.72. The van der Waals surface area contributed by atoms with Crippen molar-refractivity contribution in [3.63, 3.8) is 0 Å². The van der Waals surface area contributed by atoms with Crippen LogP contribution in [0.5, 0.6) is 0 Å². The Labute approximate surface area is 156 Å². The van der Waals surface area contributed by atoms with E-state index in [2.05, 4.69) is 25.6 Å². The van der Waals surface area contributed by atoms with Crippen molar-refractivity contribution < 1.29 is 4.79 Å². The van der Waals surface area contributed by atoms with Crippen LogP contribution in [-0.2, 0) is 6.54 Å². The second-order valence-corrected chi connectivity index (χ2v) is 5.94. The number of carbonyl (C=O) groups excluding carboxylic acids is 1. The molecule has 0 aliphatic heterocycles. The van der Waals surface area contributed by atoms with E-state index in [9.17, 15) is 4.79 Å². The number of carbonyl (C=O) groups is 1. The number of benzene rings is 1. The van der Waals surface area contributed by atoms with E-state index in [0.717, 1.165) is 28.0 Å². The number of hydrogen-bond donors (Lipinski definition) is 2. The smallest absolute Gasteiger partial charge is 0.270 e. The SMILES string of the molecule is O=C(NCc1ccccn1)c1ccc(Nc2cccc3cccnc23)cn1. The summed E-state index contributed by atoms with van der Waals surface area (Å²) >= 11 is 0. The molecule has 1 aromatic carbocycles. The molecule has 0 aliphatic carbocycles. The second-order valence-electron chi connectivity index (χ2n) is 5.94. The van der Waals surface area contributed by atoms with Gasteiger partial charge in [-0.3, -0.25) is 14.8 Å². The molecule has 0 saturated carbocycles. The van der Waals surface area contributed by atoms with E-state index in [1.54, 1.807) is 24.7 Å². The molecule has 0 radical (unpaired) electrons. The van der Waals surface area contributed by atoms with E-state index in [4.69, 9.17) is 0 Å². The maximum atomic E-state index is 12.2. The number of aromatic nitrogens is 3. The Balaban J connectivity index is 1.45. The van der Waals surface area contributed by atoms with Gasteiger partial charge in [0.05, 0.1) is 35.3 Å². The predicted octanol–water partition coefficient (Wildman–Crippen LogP) is 3.70. The lowest BCUT2D eigenvalue weighted by Crippen LogP contribution is -2.24. The fourth-order valence-corrected chi connectivity index (χ4v) is 2.73. The van der Waals surface area contributed by atoms with Crippen LogP contribution in [0.2, 0.25) is 0 Å². The van der Waals surface area contributed by atoms with Gasteiger partial charge in [0.15, 0.2) is 0 Å². The highest BCUT2D eigenvalue weighted by molar-refractivity contribution is 5.93. The molecule has 132 valence electrons. The van der Waals surface area contributed by atoms with Gasteiger partial charge in [0, 0.05) is 17.8 Å². The van der Waals surface area contributed by atoms with E-state index in [1.165, 1.54) is 0 Å². The Morgan fingerprint density at radius 1 is 0.852 bits per heavy atom. The minimum absolute atomic E-state index is 0.237. The molecule has 0 spiro atoms. The van der Waals surface area contributed by atoms with Gasteiger partial charge in [0.1, 0.15) is 5.69 Å². The van der Waals surface area contributed by atoms with Crippen molar-refractivity contribution in [1.82, 2.24) is 20.3 Å². The third-order valence-corrected chi connectivity index (χ3v) is 4.06. The molecule has 2 N–H and O–H groups in total. The molecule has 27 heavy (non-hydrogen) atoms. The van der Waals surface area contributed by atoms with Crippen LogP contribution in [0.25, 0.3) is 10.9 Å². The van der Waals surface area contributed by atoms with Crippen LogP contribution in [0.1, 0.15) is 16.2 Å². The quantitative estimate of drug-likeness (QED) is 0.571. The number of rotatable bonds is 5. The van der Waals surface area contributed by atoms with E-state index in [0.29, 0.717) is 12.2 Å². The highest BCUT2D eigenvalue weighted by atomic mass is 16.1. The standard InChI is InChI=1S/C21H17N5O/c27-21(25-13-16-7-1-2-11-22-16)19-10-9-17(14-24-19)26-18-8-3-5-15-6-4-12-23-20(15)18/h1-12,14,26H,13H2,(H,25,27).